The van der Waals surface area contributed by atoms with E-state index in [0.717, 1.165) is 4.47 Å². The van der Waals surface area contributed by atoms with E-state index < -0.39 is 6.10 Å². The summed E-state index contributed by atoms with van der Waals surface area (Å²) in [5.41, 5.74) is 0.653. The lowest BCUT2D eigenvalue weighted by molar-refractivity contribution is -0.0719. The predicted octanol–water partition coefficient (Wildman–Crippen LogP) is 2.05. The number of ketones is 1. The van der Waals surface area contributed by atoms with Crippen LogP contribution in [0.1, 0.15) is 10.4 Å². The molecule has 1 aromatic carbocycles. The SMILES string of the molecule is O=C(c1cccc(Br)c1)C1COCCO1. The van der Waals surface area contributed by atoms with E-state index in [0.29, 0.717) is 25.4 Å². The molecule has 3 nitrogen and oxygen atoms in total. The Balaban J connectivity index is 2.12. The Kier molecular flexibility index (Phi) is 3.51. The summed E-state index contributed by atoms with van der Waals surface area (Å²) in [6.07, 6.45) is -0.451. The lowest BCUT2D eigenvalue weighted by atomic mass is 10.1. The molecule has 0 saturated carbocycles. The van der Waals surface area contributed by atoms with Crippen molar-refractivity contribution >= 4 is 21.7 Å². The van der Waals surface area contributed by atoms with Crippen LogP contribution in [0.25, 0.3) is 0 Å². The maximum atomic E-state index is 11.9. The van der Waals surface area contributed by atoms with Gasteiger partial charge in [0.15, 0.2) is 5.78 Å². The number of benzene rings is 1. The van der Waals surface area contributed by atoms with Crippen molar-refractivity contribution in [2.24, 2.45) is 0 Å². The van der Waals surface area contributed by atoms with E-state index in [4.69, 9.17) is 9.47 Å². The van der Waals surface area contributed by atoms with Crippen LogP contribution in [0.15, 0.2) is 28.7 Å². The van der Waals surface area contributed by atoms with Crippen molar-refractivity contribution in [3.05, 3.63) is 34.3 Å². The normalized spacial score (nSPS) is 21.3. The number of carbonyl (C=O) groups excluding carboxylic acids is 1. The van der Waals surface area contributed by atoms with Crippen LogP contribution in [0.5, 0.6) is 0 Å². The Morgan fingerprint density at radius 2 is 2.27 bits per heavy atom. The highest BCUT2D eigenvalue weighted by Gasteiger charge is 2.23. The second kappa shape index (κ2) is 4.88. The van der Waals surface area contributed by atoms with E-state index in [1.54, 1.807) is 12.1 Å². The molecule has 0 spiro atoms. The van der Waals surface area contributed by atoms with Crippen molar-refractivity contribution in [3.63, 3.8) is 0 Å². The molecule has 2 rings (SSSR count). The van der Waals surface area contributed by atoms with E-state index in [1.165, 1.54) is 0 Å². The Labute approximate surface area is 96.5 Å². The molecule has 0 aliphatic carbocycles. The predicted molar refractivity (Wildman–Crippen MR) is 59.0 cm³/mol. The monoisotopic (exact) mass is 270 g/mol. The van der Waals surface area contributed by atoms with Gasteiger partial charge in [-0.25, -0.2) is 0 Å². The average molecular weight is 271 g/mol. The minimum atomic E-state index is -0.451. The zero-order chi connectivity index (χ0) is 10.7. The molecule has 4 heteroatoms. The molecule has 0 N–H and O–H groups in total. The van der Waals surface area contributed by atoms with Crippen LogP contribution in [-0.2, 0) is 9.47 Å². The third-order valence-electron chi connectivity index (χ3n) is 2.22. The number of Topliss-reactive ketones (excluding diaryl/α,β-unsaturated/α-hetero) is 1. The summed E-state index contributed by atoms with van der Waals surface area (Å²) in [6, 6.07) is 7.29. The van der Waals surface area contributed by atoms with Crippen molar-refractivity contribution < 1.29 is 14.3 Å². The van der Waals surface area contributed by atoms with Gasteiger partial charge in [-0.2, -0.15) is 0 Å². The molecular weight excluding hydrogens is 260 g/mol. The minimum absolute atomic E-state index is 0.0176. The Bertz CT molecular complexity index is 359. The second-order valence-corrected chi connectivity index (χ2v) is 4.22. The number of halogens is 1. The highest BCUT2D eigenvalue weighted by Crippen LogP contribution is 2.15. The van der Waals surface area contributed by atoms with Gasteiger partial charge in [0, 0.05) is 10.0 Å². The quantitative estimate of drug-likeness (QED) is 0.772. The summed E-state index contributed by atoms with van der Waals surface area (Å²) in [5, 5.41) is 0. The van der Waals surface area contributed by atoms with E-state index in [-0.39, 0.29) is 5.78 Å². The molecule has 1 heterocycles. The first-order valence-electron chi connectivity index (χ1n) is 4.76. The first kappa shape index (κ1) is 10.8. The number of carbonyl (C=O) groups is 1. The number of ether oxygens (including phenoxy) is 2. The van der Waals surface area contributed by atoms with Gasteiger partial charge in [0.2, 0.25) is 0 Å². The lowest BCUT2D eigenvalue weighted by Crippen LogP contribution is -2.35. The van der Waals surface area contributed by atoms with E-state index in [2.05, 4.69) is 15.9 Å². The van der Waals surface area contributed by atoms with E-state index in [1.807, 2.05) is 12.1 Å². The van der Waals surface area contributed by atoms with Gasteiger partial charge >= 0.3 is 0 Å². The van der Waals surface area contributed by atoms with Crippen molar-refractivity contribution in [1.82, 2.24) is 0 Å². The van der Waals surface area contributed by atoms with Crippen LogP contribution in [0.2, 0.25) is 0 Å². The smallest absolute Gasteiger partial charge is 0.193 e. The summed E-state index contributed by atoms with van der Waals surface area (Å²) >= 11 is 3.33. The maximum absolute atomic E-state index is 11.9. The van der Waals surface area contributed by atoms with Crippen LogP contribution < -0.4 is 0 Å². The molecule has 1 aliphatic heterocycles. The Morgan fingerprint density at radius 1 is 1.40 bits per heavy atom. The van der Waals surface area contributed by atoms with Gasteiger partial charge in [0.1, 0.15) is 6.10 Å². The Hall–Kier alpha value is -0.710. The van der Waals surface area contributed by atoms with Crippen LogP contribution in [0.3, 0.4) is 0 Å². The summed E-state index contributed by atoms with van der Waals surface area (Å²) in [4.78, 5) is 11.9. The van der Waals surface area contributed by atoms with Crippen LogP contribution in [-0.4, -0.2) is 31.7 Å². The molecule has 0 bridgehead atoms. The molecule has 0 radical (unpaired) electrons. The molecule has 1 aliphatic rings. The van der Waals surface area contributed by atoms with Crippen molar-refractivity contribution in [3.8, 4) is 0 Å². The number of hydrogen-bond donors (Lipinski definition) is 0. The molecular formula is C11H11BrO3. The topological polar surface area (TPSA) is 35.5 Å². The molecule has 1 aromatic rings. The average Bonchev–Trinajstić information content (AvgIpc) is 2.29. The number of hydrogen-bond acceptors (Lipinski definition) is 3. The van der Waals surface area contributed by atoms with E-state index in [9.17, 15) is 4.79 Å². The fourth-order valence-electron chi connectivity index (χ4n) is 1.47. The van der Waals surface area contributed by atoms with Gasteiger partial charge in [-0.15, -0.1) is 0 Å². The minimum Gasteiger partial charge on any atom is -0.376 e. The fourth-order valence-corrected chi connectivity index (χ4v) is 1.87. The highest BCUT2D eigenvalue weighted by atomic mass is 79.9. The number of rotatable bonds is 2. The third kappa shape index (κ3) is 2.65. The molecule has 1 saturated heterocycles. The summed E-state index contributed by atoms with van der Waals surface area (Å²) < 4.78 is 11.4. The van der Waals surface area contributed by atoms with Gasteiger partial charge in [0.05, 0.1) is 19.8 Å². The van der Waals surface area contributed by atoms with Crippen LogP contribution in [0, 0.1) is 0 Å². The molecule has 1 atom stereocenters. The van der Waals surface area contributed by atoms with Gasteiger partial charge < -0.3 is 9.47 Å². The zero-order valence-electron chi connectivity index (χ0n) is 8.11. The van der Waals surface area contributed by atoms with Gasteiger partial charge in [-0.05, 0) is 12.1 Å². The zero-order valence-corrected chi connectivity index (χ0v) is 9.70. The molecule has 80 valence electrons. The molecule has 15 heavy (non-hydrogen) atoms. The van der Waals surface area contributed by atoms with Gasteiger partial charge in [0.25, 0.3) is 0 Å². The first-order valence-corrected chi connectivity index (χ1v) is 5.56. The fraction of sp³-hybridized carbons (Fsp3) is 0.364. The van der Waals surface area contributed by atoms with Crippen LogP contribution >= 0.6 is 15.9 Å². The van der Waals surface area contributed by atoms with Crippen molar-refractivity contribution in [2.75, 3.05) is 19.8 Å². The van der Waals surface area contributed by atoms with Gasteiger partial charge in [-0.1, -0.05) is 28.1 Å². The molecule has 1 unspecified atom stereocenters. The summed E-state index contributed by atoms with van der Waals surface area (Å²) in [5.74, 6) is -0.0176. The maximum Gasteiger partial charge on any atom is 0.193 e. The molecule has 1 fully saturated rings. The second-order valence-electron chi connectivity index (χ2n) is 3.31. The molecule has 0 aromatic heterocycles. The Morgan fingerprint density at radius 3 is 2.93 bits per heavy atom. The van der Waals surface area contributed by atoms with Crippen molar-refractivity contribution in [2.45, 2.75) is 6.10 Å². The standard InChI is InChI=1S/C11H11BrO3/c12-9-3-1-2-8(6-9)11(13)10-7-14-4-5-15-10/h1-3,6,10H,4-5,7H2. The highest BCUT2D eigenvalue weighted by molar-refractivity contribution is 9.10. The summed E-state index contributed by atoms with van der Waals surface area (Å²) in [6.45, 7) is 1.41. The summed E-state index contributed by atoms with van der Waals surface area (Å²) in [7, 11) is 0. The van der Waals surface area contributed by atoms with Crippen LogP contribution in [0.4, 0.5) is 0 Å². The van der Waals surface area contributed by atoms with Gasteiger partial charge in [-0.3, -0.25) is 4.79 Å². The van der Waals surface area contributed by atoms with E-state index >= 15 is 0 Å². The lowest BCUT2D eigenvalue weighted by Gasteiger charge is -2.21. The first-order chi connectivity index (χ1) is 7.27. The largest absolute Gasteiger partial charge is 0.376 e. The van der Waals surface area contributed by atoms with Crippen molar-refractivity contribution in [1.29, 1.82) is 0 Å². The third-order valence-corrected chi connectivity index (χ3v) is 2.71. The molecule has 0 amide bonds.